The van der Waals surface area contributed by atoms with Gasteiger partial charge in [-0.1, -0.05) is 29.8 Å². The number of rotatable bonds is 2. The van der Waals surface area contributed by atoms with Crippen LogP contribution in [0.2, 0.25) is 0 Å². The molecule has 1 saturated heterocycles. The van der Waals surface area contributed by atoms with Gasteiger partial charge in [-0.3, -0.25) is 0 Å². The van der Waals surface area contributed by atoms with Crippen molar-refractivity contribution >= 4 is 0 Å². The molecular formula is C16H19NO. The fourth-order valence-electron chi connectivity index (χ4n) is 2.54. The SMILES string of the molecule is Cc1ccc(-c2ccc(C3CCCNC3)o2)cc1. The molecule has 2 heteroatoms. The normalized spacial score (nSPS) is 19.9. The van der Waals surface area contributed by atoms with E-state index < -0.39 is 0 Å². The first-order valence-electron chi connectivity index (χ1n) is 6.70. The van der Waals surface area contributed by atoms with Gasteiger partial charge in [0.05, 0.1) is 0 Å². The summed E-state index contributed by atoms with van der Waals surface area (Å²) in [5, 5.41) is 3.43. The van der Waals surface area contributed by atoms with Crippen molar-refractivity contribution in [2.24, 2.45) is 0 Å². The lowest BCUT2D eigenvalue weighted by molar-refractivity contribution is 0.392. The molecule has 1 aliphatic rings. The van der Waals surface area contributed by atoms with Gasteiger partial charge in [0.15, 0.2) is 0 Å². The Morgan fingerprint density at radius 3 is 2.67 bits per heavy atom. The van der Waals surface area contributed by atoms with Crippen molar-refractivity contribution in [3.8, 4) is 11.3 Å². The Hall–Kier alpha value is -1.54. The smallest absolute Gasteiger partial charge is 0.134 e. The largest absolute Gasteiger partial charge is 0.461 e. The molecule has 0 saturated carbocycles. The Kier molecular flexibility index (Phi) is 3.20. The maximum absolute atomic E-state index is 6.01. The second kappa shape index (κ2) is 4.99. The third-order valence-corrected chi connectivity index (χ3v) is 3.66. The summed E-state index contributed by atoms with van der Waals surface area (Å²) in [6.45, 7) is 4.29. The minimum absolute atomic E-state index is 0.540. The third-order valence-electron chi connectivity index (χ3n) is 3.66. The van der Waals surface area contributed by atoms with Gasteiger partial charge in [-0.25, -0.2) is 0 Å². The molecule has 0 spiro atoms. The molecule has 1 fully saturated rings. The van der Waals surface area contributed by atoms with Gasteiger partial charge in [0.2, 0.25) is 0 Å². The fraction of sp³-hybridized carbons (Fsp3) is 0.375. The number of piperidine rings is 1. The highest BCUT2D eigenvalue weighted by molar-refractivity contribution is 5.58. The van der Waals surface area contributed by atoms with Crippen molar-refractivity contribution in [3.63, 3.8) is 0 Å². The van der Waals surface area contributed by atoms with Gasteiger partial charge in [0.1, 0.15) is 11.5 Å². The maximum Gasteiger partial charge on any atom is 0.134 e. The van der Waals surface area contributed by atoms with E-state index in [4.69, 9.17) is 4.42 Å². The van der Waals surface area contributed by atoms with Crippen molar-refractivity contribution < 1.29 is 4.42 Å². The highest BCUT2D eigenvalue weighted by Crippen LogP contribution is 2.29. The maximum atomic E-state index is 6.01. The molecule has 2 aromatic rings. The molecule has 1 atom stereocenters. The van der Waals surface area contributed by atoms with Gasteiger partial charge in [-0.15, -0.1) is 0 Å². The number of aryl methyl sites for hydroxylation is 1. The number of hydrogen-bond acceptors (Lipinski definition) is 2. The van der Waals surface area contributed by atoms with Crippen LogP contribution in [-0.2, 0) is 0 Å². The second-order valence-corrected chi connectivity index (χ2v) is 5.11. The Labute approximate surface area is 108 Å². The minimum atomic E-state index is 0.540. The lowest BCUT2D eigenvalue weighted by Gasteiger charge is -2.20. The van der Waals surface area contributed by atoms with Crippen molar-refractivity contribution in [3.05, 3.63) is 47.7 Å². The van der Waals surface area contributed by atoms with Gasteiger partial charge < -0.3 is 9.73 Å². The number of nitrogens with one attached hydrogen (secondary N) is 1. The molecule has 3 rings (SSSR count). The Bertz CT molecular complexity index is 506. The van der Waals surface area contributed by atoms with Crippen molar-refractivity contribution in [1.82, 2.24) is 5.32 Å². The zero-order valence-electron chi connectivity index (χ0n) is 10.8. The predicted octanol–water partition coefficient (Wildman–Crippen LogP) is 3.72. The van der Waals surface area contributed by atoms with E-state index in [1.165, 1.54) is 18.4 Å². The first kappa shape index (κ1) is 11.5. The van der Waals surface area contributed by atoms with E-state index >= 15 is 0 Å². The van der Waals surface area contributed by atoms with Gasteiger partial charge in [-0.05, 0) is 38.4 Å². The average Bonchev–Trinajstić information content (AvgIpc) is 2.90. The van der Waals surface area contributed by atoms with Gasteiger partial charge in [-0.2, -0.15) is 0 Å². The fourth-order valence-corrected chi connectivity index (χ4v) is 2.54. The average molecular weight is 241 g/mol. The zero-order chi connectivity index (χ0) is 12.4. The first-order valence-corrected chi connectivity index (χ1v) is 6.70. The van der Waals surface area contributed by atoms with Crippen LogP contribution >= 0.6 is 0 Å². The molecule has 1 N–H and O–H groups in total. The van der Waals surface area contributed by atoms with Crippen LogP contribution in [0.25, 0.3) is 11.3 Å². The van der Waals surface area contributed by atoms with Crippen LogP contribution < -0.4 is 5.32 Å². The topological polar surface area (TPSA) is 25.2 Å². The molecule has 1 aliphatic heterocycles. The minimum Gasteiger partial charge on any atom is -0.461 e. The molecular weight excluding hydrogens is 222 g/mol. The molecule has 0 amide bonds. The molecule has 1 aromatic carbocycles. The summed E-state index contributed by atoms with van der Waals surface area (Å²) < 4.78 is 6.01. The molecule has 0 radical (unpaired) electrons. The number of benzene rings is 1. The summed E-state index contributed by atoms with van der Waals surface area (Å²) in [5.74, 6) is 2.64. The van der Waals surface area contributed by atoms with E-state index in [0.717, 1.165) is 30.2 Å². The summed E-state index contributed by atoms with van der Waals surface area (Å²) in [6.07, 6.45) is 2.47. The molecule has 2 heterocycles. The summed E-state index contributed by atoms with van der Waals surface area (Å²) in [5.41, 5.74) is 2.44. The van der Waals surface area contributed by atoms with Gasteiger partial charge in [0, 0.05) is 18.0 Å². The van der Waals surface area contributed by atoms with Crippen LogP contribution in [0.4, 0.5) is 0 Å². The Morgan fingerprint density at radius 2 is 1.94 bits per heavy atom. The van der Waals surface area contributed by atoms with Crippen molar-refractivity contribution in [2.75, 3.05) is 13.1 Å². The van der Waals surface area contributed by atoms with Crippen LogP contribution in [0.1, 0.15) is 30.1 Å². The van der Waals surface area contributed by atoms with Crippen molar-refractivity contribution in [1.29, 1.82) is 0 Å². The molecule has 1 unspecified atom stereocenters. The van der Waals surface area contributed by atoms with E-state index in [1.54, 1.807) is 0 Å². The second-order valence-electron chi connectivity index (χ2n) is 5.11. The summed E-state index contributed by atoms with van der Waals surface area (Å²) >= 11 is 0. The van der Waals surface area contributed by atoms with Crippen LogP contribution in [0.3, 0.4) is 0 Å². The molecule has 0 aliphatic carbocycles. The zero-order valence-corrected chi connectivity index (χ0v) is 10.8. The molecule has 94 valence electrons. The quantitative estimate of drug-likeness (QED) is 0.866. The highest BCUT2D eigenvalue weighted by atomic mass is 16.3. The van der Waals surface area contributed by atoms with E-state index in [2.05, 4.69) is 48.6 Å². The molecule has 18 heavy (non-hydrogen) atoms. The van der Waals surface area contributed by atoms with Gasteiger partial charge in [0.25, 0.3) is 0 Å². The number of hydrogen-bond donors (Lipinski definition) is 1. The van der Waals surface area contributed by atoms with Crippen LogP contribution in [0.5, 0.6) is 0 Å². The number of furan rings is 1. The molecule has 2 nitrogen and oxygen atoms in total. The van der Waals surface area contributed by atoms with Crippen LogP contribution in [0, 0.1) is 6.92 Å². The van der Waals surface area contributed by atoms with E-state index in [1.807, 2.05) is 0 Å². The Morgan fingerprint density at radius 1 is 1.11 bits per heavy atom. The molecule has 0 bridgehead atoms. The summed E-state index contributed by atoms with van der Waals surface area (Å²) in [7, 11) is 0. The standard InChI is InChI=1S/C16H19NO/c1-12-4-6-13(7-5-12)15-8-9-16(18-15)14-3-2-10-17-11-14/h4-9,14,17H,2-3,10-11H2,1H3. The molecule has 1 aromatic heterocycles. The first-order chi connectivity index (χ1) is 8.83. The van der Waals surface area contributed by atoms with Crippen LogP contribution in [-0.4, -0.2) is 13.1 Å². The lowest BCUT2D eigenvalue weighted by Crippen LogP contribution is -2.28. The van der Waals surface area contributed by atoms with Crippen molar-refractivity contribution in [2.45, 2.75) is 25.7 Å². The highest BCUT2D eigenvalue weighted by Gasteiger charge is 2.18. The predicted molar refractivity (Wildman–Crippen MR) is 73.7 cm³/mol. The van der Waals surface area contributed by atoms with Gasteiger partial charge >= 0.3 is 0 Å². The van der Waals surface area contributed by atoms with E-state index in [9.17, 15) is 0 Å². The third kappa shape index (κ3) is 2.34. The van der Waals surface area contributed by atoms with Crippen LogP contribution in [0.15, 0.2) is 40.8 Å². The van der Waals surface area contributed by atoms with E-state index in [0.29, 0.717) is 5.92 Å². The summed E-state index contributed by atoms with van der Waals surface area (Å²) in [6, 6.07) is 12.7. The Balaban J connectivity index is 1.82. The monoisotopic (exact) mass is 241 g/mol. The lowest BCUT2D eigenvalue weighted by atomic mass is 9.97. The van der Waals surface area contributed by atoms with E-state index in [-0.39, 0.29) is 0 Å². The summed E-state index contributed by atoms with van der Waals surface area (Å²) in [4.78, 5) is 0.